The minimum absolute atomic E-state index is 0.339. The third-order valence-corrected chi connectivity index (χ3v) is 4.37. The highest BCUT2D eigenvalue weighted by atomic mass is 35.5. The Balaban J connectivity index is 1.90. The van der Waals surface area contributed by atoms with Crippen LogP contribution in [0, 0.1) is 0 Å². The van der Waals surface area contributed by atoms with Gasteiger partial charge in [0.1, 0.15) is 6.61 Å². The van der Waals surface area contributed by atoms with Crippen LogP contribution in [0.1, 0.15) is 18.1 Å². The maximum Gasteiger partial charge on any atom is 0.180 e. The van der Waals surface area contributed by atoms with Gasteiger partial charge in [0.25, 0.3) is 0 Å². The zero-order valence-corrected chi connectivity index (χ0v) is 17.1. The van der Waals surface area contributed by atoms with Crippen LogP contribution in [0.15, 0.2) is 36.4 Å². The summed E-state index contributed by atoms with van der Waals surface area (Å²) < 4.78 is 11.3. The van der Waals surface area contributed by atoms with E-state index in [-0.39, 0.29) is 6.10 Å². The highest BCUT2D eigenvalue weighted by Crippen LogP contribution is 2.37. The van der Waals surface area contributed by atoms with Gasteiger partial charge in [-0.25, -0.2) is 0 Å². The topological polar surface area (TPSA) is 62.8 Å². The minimum Gasteiger partial charge on any atom is -0.493 e. The zero-order chi connectivity index (χ0) is 19.6. The molecule has 0 aliphatic carbocycles. The standard InChI is InChI=1S/C20H26Cl2N2O3/c1-14(25)11-23-7-8-24-12-16-9-18(22)20(19(10-16)26-2)27-13-15-3-5-17(21)6-4-15/h3-6,9-10,14,23-25H,7-8,11-13H2,1-2H3/t14-/m1/s1. The van der Waals surface area contributed by atoms with Gasteiger partial charge in [-0.15, -0.1) is 0 Å². The lowest BCUT2D eigenvalue weighted by molar-refractivity contribution is 0.191. The fourth-order valence-electron chi connectivity index (χ4n) is 2.47. The van der Waals surface area contributed by atoms with Crippen molar-refractivity contribution in [2.45, 2.75) is 26.2 Å². The number of hydrogen-bond donors (Lipinski definition) is 3. The molecule has 0 unspecified atom stereocenters. The second-order valence-corrected chi connectivity index (χ2v) is 7.10. The van der Waals surface area contributed by atoms with Crippen molar-refractivity contribution in [3.05, 3.63) is 57.6 Å². The van der Waals surface area contributed by atoms with Gasteiger partial charge < -0.3 is 25.2 Å². The number of rotatable bonds is 11. The molecule has 27 heavy (non-hydrogen) atoms. The molecule has 0 bridgehead atoms. The normalized spacial score (nSPS) is 12.0. The van der Waals surface area contributed by atoms with Crippen molar-refractivity contribution in [2.75, 3.05) is 26.7 Å². The first kappa shape index (κ1) is 21.8. The molecule has 0 heterocycles. The van der Waals surface area contributed by atoms with E-state index in [1.807, 2.05) is 36.4 Å². The molecule has 2 aromatic rings. The van der Waals surface area contributed by atoms with Crippen molar-refractivity contribution in [2.24, 2.45) is 0 Å². The first-order valence-corrected chi connectivity index (χ1v) is 9.58. The Labute approximate surface area is 170 Å². The first-order valence-electron chi connectivity index (χ1n) is 8.82. The van der Waals surface area contributed by atoms with Gasteiger partial charge >= 0.3 is 0 Å². The highest BCUT2D eigenvalue weighted by Gasteiger charge is 2.12. The van der Waals surface area contributed by atoms with Crippen LogP contribution >= 0.6 is 23.2 Å². The van der Waals surface area contributed by atoms with Gasteiger partial charge in [-0.05, 0) is 42.3 Å². The van der Waals surface area contributed by atoms with Gasteiger partial charge in [-0.2, -0.15) is 0 Å². The summed E-state index contributed by atoms with van der Waals surface area (Å²) in [7, 11) is 1.60. The quantitative estimate of drug-likeness (QED) is 0.491. The molecule has 0 fully saturated rings. The Morgan fingerprint density at radius 3 is 2.41 bits per heavy atom. The van der Waals surface area contributed by atoms with Gasteiger partial charge in [-0.3, -0.25) is 0 Å². The Morgan fingerprint density at radius 2 is 1.74 bits per heavy atom. The summed E-state index contributed by atoms with van der Waals surface area (Å²) in [5, 5.41) is 16.9. The summed E-state index contributed by atoms with van der Waals surface area (Å²) in [5.41, 5.74) is 2.00. The number of benzene rings is 2. The molecule has 0 saturated heterocycles. The van der Waals surface area contributed by atoms with Crippen LogP contribution in [-0.2, 0) is 13.2 Å². The highest BCUT2D eigenvalue weighted by molar-refractivity contribution is 6.32. The fraction of sp³-hybridized carbons (Fsp3) is 0.400. The molecule has 0 aromatic heterocycles. The molecule has 0 spiro atoms. The Morgan fingerprint density at radius 1 is 1.04 bits per heavy atom. The molecule has 0 saturated carbocycles. The summed E-state index contributed by atoms with van der Waals surface area (Å²) in [6, 6.07) is 11.3. The SMILES string of the molecule is COc1cc(CNCCNC[C@@H](C)O)cc(Cl)c1OCc1ccc(Cl)cc1. The largest absolute Gasteiger partial charge is 0.493 e. The molecule has 5 nitrogen and oxygen atoms in total. The van der Waals surface area contributed by atoms with Crippen LogP contribution in [0.2, 0.25) is 10.0 Å². The number of methoxy groups -OCH3 is 1. The summed E-state index contributed by atoms with van der Waals surface area (Å²) in [6.07, 6.45) is -0.339. The van der Waals surface area contributed by atoms with E-state index in [0.717, 1.165) is 24.2 Å². The zero-order valence-electron chi connectivity index (χ0n) is 15.6. The van der Waals surface area contributed by atoms with E-state index < -0.39 is 0 Å². The summed E-state index contributed by atoms with van der Waals surface area (Å²) >= 11 is 12.3. The second-order valence-electron chi connectivity index (χ2n) is 6.25. The van der Waals surface area contributed by atoms with E-state index >= 15 is 0 Å². The first-order chi connectivity index (χ1) is 13.0. The van der Waals surface area contributed by atoms with Crippen molar-refractivity contribution >= 4 is 23.2 Å². The van der Waals surface area contributed by atoms with E-state index in [1.54, 1.807) is 14.0 Å². The number of ether oxygens (including phenoxy) is 2. The Kier molecular flexibility index (Phi) is 9.18. The van der Waals surface area contributed by atoms with E-state index in [2.05, 4.69) is 10.6 Å². The number of halogens is 2. The van der Waals surface area contributed by atoms with Crippen molar-refractivity contribution in [1.29, 1.82) is 0 Å². The average molecular weight is 413 g/mol. The molecule has 0 radical (unpaired) electrons. The molecule has 3 N–H and O–H groups in total. The Hall–Kier alpha value is -1.50. The molecular formula is C20H26Cl2N2O3. The van der Waals surface area contributed by atoms with E-state index in [0.29, 0.717) is 41.2 Å². The van der Waals surface area contributed by atoms with Gasteiger partial charge in [0, 0.05) is 31.2 Å². The smallest absolute Gasteiger partial charge is 0.180 e. The summed E-state index contributed by atoms with van der Waals surface area (Å²) in [4.78, 5) is 0. The maximum atomic E-state index is 9.20. The second kappa shape index (κ2) is 11.4. The van der Waals surface area contributed by atoms with Crippen LogP contribution in [0.3, 0.4) is 0 Å². The van der Waals surface area contributed by atoms with Gasteiger partial charge in [0.2, 0.25) is 0 Å². The number of hydrogen-bond acceptors (Lipinski definition) is 5. The van der Waals surface area contributed by atoms with Crippen molar-refractivity contribution in [1.82, 2.24) is 10.6 Å². The van der Waals surface area contributed by atoms with Gasteiger partial charge in [-0.1, -0.05) is 35.3 Å². The van der Waals surface area contributed by atoms with E-state index in [9.17, 15) is 5.11 Å². The lowest BCUT2D eigenvalue weighted by Gasteiger charge is -2.15. The van der Waals surface area contributed by atoms with E-state index in [4.69, 9.17) is 32.7 Å². The maximum absolute atomic E-state index is 9.20. The third kappa shape index (κ3) is 7.56. The molecule has 148 valence electrons. The van der Waals surface area contributed by atoms with E-state index in [1.165, 1.54) is 0 Å². The van der Waals surface area contributed by atoms with Crippen LogP contribution in [0.4, 0.5) is 0 Å². The van der Waals surface area contributed by atoms with Crippen LogP contribution < -0.4 is 20.1 Å². The molecule has 0 aliphatic rings. The Bertz CT molecular complexity index is 709. The fourth-order valence-corrected chi connectivity index (χ4v) is 2.89. The van der Waals surface area contributed by atoms with Crippen LogP contribution in [0.25, 0.3) is 0 Å². The predicted molar refractivity (Wildman–Crippen MR) is 110 cm³/mol. The molecule has 2 aromatic carbocycles. The van der Waals surface area contributed by atoms with Crippen LogP contribution in [0.5, 0.6) is 11.5 Å². The van der Waals surface area contributed by atoms with Crippen molar-refractivity contribution in [3.63, 3.8) is 0 Å². The van der Waals surface area contributed by atoms with Gasteiger partial charge in [0.15, 0.2) is 11.5 Å². The number of aliphatic hydroxyl groups is 1. The van der Waals surface area contributed by atoms with Crippen LogP contribution in [-0.4, -0.2) is 38.0 Å². The summed E-state index contributed by atoms with van der Waals surface area (Å²) in [6.45, 7) is 4.93. The summed E-state index contributed by atoms with van der Waals surface area (Å²) in [5.74, 6) is 1.12. The lowest BCUT2D eigenvalue weighted by Crippen LogP contribution is -2.31. The number of aliphatic hydroxyl groups excluding tert-OH is 1. The molecular weight excluding hydrogens is 387 g/mol. The van der Waals surface area contributed by atoms with Crippen molar-refractivity contribution < 1.29 is 14.6 Å². The predicted octanol–water partition coefficient (Wildman–Crippen LogP) is 3.64. The minimum atomic E-state index is -0.339. The van der Waals surface area contributed by atoms with Gasteiger partial charge in [0.05, 0.1) is 18.2 Å². The average Bonchev–Trinajstić information content (AvgIpc) is 2.64. The third-order valence-electron chi connectivity index (χ3n) is 3.83. The molecule has 2 rings (SSSR count). The molecule has 0 amide bonds. The molecule has 7 heteroatoms. The molecule has 0 aliphatic heterocycles. The van der Waals surface area contributed by atoms with Crippen molar-refractivity contribution in [3.8, 4) is 11.5 Å². The lowest BCUT2D eigenvalue weighted by atomic mass is 10.2. The number of nitrogens with one attached hydrogen (secondary N) is 2. The monoisotopic (exact) mass is 412 g/mol. The molecule has 1 atom stereocenters.